The molecule has 0 aromatic rings. The van der Waals surface area contributed by atoms with Crippen molar-refractivity contribution in [2.24, 2.45) is 0 Å². The van der Waals surface area contributed by atoms with Crippen LogP contribution in [0.25, 0.3) is 0 Å². The third-order valence-electron chi connectivity index (χ3n) is 0.982. The van der Waals surface area contributed by atoms with E-state index in [9.17, 15) is 24.6 Å². The van der Waals surface area contributed by atoms with Crippen molar-refractivity contribution in [3.8, 4) is 0 Å². The van der Waals surface area contributed by atoms with Crippen LogP contribution in [0, 0.1) is 0 Å². The molecule has 0 aliphatic heterocycles. The molecule has 0 radical (unpaired) electrons. The summed E-state index contributed by atoms with van der Waals surface area (Å²) in [5.74, 6) is -4.13. The molecule has 0 unspecified atom stereocenters. The lowest BCUT2D eigenvalue weighted by molar-refractivity contribution is -0.304. The van der Waals surface area contributed by atoms with Crippen molar-refractivity contribution < 1.29 is 24.6 Å². The predicted octanol–water partition coefficient (Wildman–Crippen LogP) is -2.61. The molecule has 0 rings (SSSR count). The molecule has 12 heavy (non-hydrogen) atoms. The molecule has 0 atom stereocenters. The largest absolute Gasteiger partial charge is 0.550 e. The molecule has 66 valence electrons. The molecule has 0 aliphatic carbocycles. The van der Waals surface area contributed by atoms with Gasteiger partial charge in [-0.15, -0.1) is 0 Å². The van der Waals surface area contributed by atoms with Crippen LogP contribution in [0.15, 0.2) is 12.2 Å². The maximum absolute atomic E-state index is 10.3. The molecule has 0 bridgehead atoms. The minimum Gasteiger partial charge on any atom is -0.550 e. The zero-order valence-corrected chi connectivity index (χ0v) is 6.11. The fraction of sp³-hybridized carbons (Fsp3) is 0.286. The van der Waals surface area contributed by atoms with Gasteiger partial charge in [-0.05, 0) is 0 Å². The first kappa shape index (κ1) is 10.3. The summed E-state index contributed by atoms with van der Waals surface area (Å²) in [6.45, 7) is 0. The molecular formula is C7H6O5-2. The molecule has 0 saturated heterocycles. The average Bonchev–Trinajstić information content (AvgIpc) is 1.97. The van der Waals surface area contributed by atoms with Crippen LogP contribution < -0.4 is 10.2 Å². The van der Waals surface area contributed by atoms with Crippen molar-refractivity contribution in [2.75, 3.05) is 0 Å². The van der Waals surface area contributed by atoms with E-state index in [2.05, 4.69) is 0 Å². The molecule has 5 nitrogen and oxygen atoms in total. The Morgan fingerprint density at radius 3 is 1.92 bits per heavy atom. The minimum absolute atomic E-state index is 0.333. The molecule has 5 heteroatoms. The summed E-state index contributed by atoms with van der Waals surface area (Å²) < 4.78 is 0. The second-order valence-electron chi connectivity index (χ2n) is 1.96. The van der Waals surface area contributed by atoms with Gasteiger partial charge in [0.05, 0.1) is 0 Å². The molecule has 0 saturated carbocycles. The molecule has 0 N–H and O–H groups in total. The lowest BCUT2D eigenvalue weighted by Crippen LogP contribution is -2.30. The standard InChI is InChI=1S/C7H8O5/c8-5(7(11)12)3-1-2-4-6(9)10/h1-2H,3-4H2,(H,9,10)(H,11,12)/p-2/b2-1-. The lowest BCUT2D eigenvalue weighted by Gasteiger charge is -1.96. The van der Waals surface area contributed by atoms with Crippen LogP contribution in [0.2, 0.25) is 0 Å². The zero-order chi connectivity index (χ0) is 9.56. The van der Waals surface area contributed by atoms with Gasteiger partial charge in [0.15, 0.2) is 5.78 Å². The van der Waals surface area contributed by atoms with Crippen LogP contribution in [-0.4, -0.2) is 17.7 Å². The Balaban J connectivity index is 3.68. The summed E-state index contributed by atoms with van der Waals surface area (Å²) in [6, 6.07) is 0. The van der Waals surface area contributed by atoms with Crippen molar-refractivity contribution in [2.45, 2.75) is 12.8 Å². The summed E-state index contributed by atoms with van der Waals surface area (Å²) in [4.78, 5) is 29.9. The molecule has 0 aliphatic rings. The first-order valence-corrected chi connectivity index (χ1v) is 3.13. The SMILES string of the molecule is O=C([O-])C/C=C\CC(=O)C(=O)[O-]. The van der Waals surface area contributed by atoms with Gasteiger partial charge in [0.25, 0.3) is 0 Å². The van der Waals surface area contributed by atoms with Crippen LogP contribution in [0.4, 0.5) is 0 Å². The maximum Gasteiger partial charge on any atom is 0.182 e. The highest BCUT2D eigenvalue weighted by molar-refractivity contribution is 6.31. The van der Waals surface area contributed by atoms with E-state index in [-0.39, 0.29) is 12.8 Å². The van der Waals surface area contributed by atoms with Gasteiger partial charge in [0, 0.05) is 18.8 Å². The highest BCUT2D eigenvalue weighted by atomic mass is 16.4. The summed E-state index contributed by atoms with van der Waals surface area (Å²) in [5, 5.41) is 19.6. The maximum atomic E-state index is 10.3. The number of hydrogen-bond acceptors (Lipinski definition) is 5. The normalized spacial score (nSPS) is 10.0. The number of Topliss-reactive ketones (excluding diaryl/α,β-unsaturated/α-hetero) is 1. The Morgan fingerprint density at radius 2 is 1.50 bits per heavy atom. The Hall–Kier alpha value is -1.65. The van der Waals surface area contributed by atoms with Gasteiger partial charge in [-0.25, -0.2) is 0 Å². The van der Waals surface area contributed by atoms with E-state index in [1.54, 1.807) is 0 Å². The van der Waals surface area contributed by atoms with Gasteiger partial charge in [0.1, 0.15) is 5.97 Å². The van der Waals surface area contributed by atoms with Crippen molar-refractivity contribution >= 4 is 17.7 Å². The molecule has 0 spiro atoms. The molecular weight excluding hydrogens is 164 g/mol. The van der Waals surface area contributed by atoms with E-state index in [1.807, 2.05) is 0 Å². The summed E-state index contributed by atoms with van der Waals surface area (Å²) in [7, 11) is 0. The van der Waals surface area contributed by atoms with E-state index >= 15 is 0 Å². The van der Waals surface area contributed by atoms with Crippen molar-refractivity contribution in [1.29, 1.82) is 0 Å². The Morgan fingerprint density at radius 1 is 1.00 bits per heavy atom. The van der Waals surface area contributed by atoms with Gasteiger partial charge < -0.3 is 19.8 Å². The topological polar surface area (TPSA) is 97.3 Å². The van der Waals surface area contributed by atoms with Gasteiger partial charge in [0.2, 0.25) is 0 Å². The number of carboxylic acid groups (broad SMARTS) is 2. The first-order chi connectivity index (χ1) is 5.54. The van der Waals surface area contributed by atoms with Gasteiger partial charge in [-0.3, -0.25) is 4.79 Å². The fourth-order valence-electron chi connectivity index (χ4n) is 0.453. The molecule has 0 fully saturated rings. The van der Waals surface area contributed by atoms with Crippen LogP contribution in [0.5, 0.6) is 0 Å². The van der Waals surface area contributed by atoms with E-state index in [4.69, 9.17) is 0 Å². The lowest BCUT2D eigenvalue weighted by atomic mass is 10.2. The second-order valence-corrected chi connectivity index (χ2v) is 1.96. The number of ketones is 1. The number of rotatable bonds is 5. The first-order valence-electron chi connectivity index (χ1n) is 3.13. The van der Waals surface area contributed by atoms with Crippen molar-refractivity contribution in [3.63, 3.8) is 0 Å². The zero-order valence-electron chi connectivity index (χ0n) is 6.11. The van der Waals surface area contributed by atoms with Crippen LogP contribution in [-0.2, 0) is 14.4 Å². The third kappa shape index (κ3) is 5.16. The van der Waals surface area contributed by atoms with Crippen LogP contribution in [0.3, 0.4) is 0 Å². The van der Waals surface area contributed by atoms with E-state index in [0.717, 1.165) is 12.2 Å². The van der Waals surface area contributed by atoms with Crippen LogP contribution >= 0.6 is 0 Å². The highest BCUT2D eigenvalue weighted by Crippen LogP contribution is 1.87. The summed E-state index contributed by atoms with van der Waals surface area (Å²) >= 11 is 0. The smallest absolute Gasteiger partial charge is 0.182 e. The van der Waals surface area contributed by atoms with E-state index in [0.29, 0.717) is 0 Å². The number of allylic oxidation sites excluding steroid dienone is 1. The quantitative estimate of drug-likeness (QED) is 0.332. The minimum atomic E-state index is -1.77. The molecule has 0 aromatic heterocycles. The number of aliphatic carboxylic acids is 2. The summed E-state index contributed by atoms with van der Waals surface area (Å²) in [5.41, 5.74) is 0. The number of carbonyl (C=O) groups excluding carboxylic acids is 3. The number of carboxylic acids is 2. The van der Waals surface area contributed by atoms with Gasteiger partial charge in [-0.2, -0.15) is 0 Å². The average molecular weight is 170 g/mol. The number of hydrogen-bond donors (Lipinski definition) is 0. The van der Waals surface area contributed by atoms with Gasteiger partial charge >= 0.3 is 0 Å². The van der Waals surface area contributed by atoms with E-state index in [1.165, 1.54) is 0 Å². The monoisotopic (exact) mass is 170 g/mol. The Bertz CT molecular complexity index is 228. The fourth-order valence-corrected chi connectivity index (χ4v) is 0.453. The van der Waals surface area contributed by atoms with Gasteiger partial charge in [-0.1, -0.05) is 12.2 Å². The second kappa shape index (κ2) is 5.06. The summed E-state index contributed by atoms with van der Waals surface area (Å²) in [6.07, 6.45) is 1.61. The van der Waals surface area contributed by atoms with Crippen molar-refractivity contribution in [3.05, 3.63) is 12.2 Å². The molecule has 0 aromatic carbocycles. The van der Waals surface area contributed by atoms with E-state index < -0.39 is 17.7 Å². The molecule has 0 amide bonds. The van der Waals surface area contributed by atoms with Crippen molar-refractivity contribution in [1.82, 2.24) is 0 Å². The molecule has 0 heterocycles. The highest BCUT2D eigenvalue weighted by Gasteiger charge is 1.97. The Labute approximate surface area is 68.3 Å². The number of carbonyl (C=O) groups is 3. The predicted molar refractivity (Wildman–Crippen MR) is 33.4 cm³/mol. The Kier molecular flexibility index (Phi) is 4.36. The third-order valence-corrected chi connectivity index (χ3v) is 0.982. The van der Waals surface area contributed by atoms with Crippen LogP contribution in [0.1, 0.15) is 12.8 Å².